The van der Waals surface area contributed by atoms with Gasteiger partial charge in [-0.2, -0.15) is 11.8 Å². The Bertz CT molecular complexity index is 1120. The molecule has 2 aromatic rings. The average Bonchev–Trinajstić information content (AvgIpc) is 3.22. The lowest BCUT2D eigenvalue weighted by Gasteiger charge is -2.24. The maximum absolute atomic E-state index is 14.8. The zero-order valence-corrected chi connectivity index (χ0v) is 20.8. The zero-order chi connectivity index (χ0) is 24.9. The first kappa shape index (κ1) is 25.2. The Balaban J connectivity index is 1.26. The number of ether oxygens (including phenoxy) is 1. The highest BCUT2D eigenvalue weighted by atomic mass is 32.2. The third-order valence-electron chi connectivity index (χ3n) is 6.23. The van der Waals surface area contributed by atoms with E-state index in [9.17, 15) is 18.8 Å². The van der Waals surface area contributed by atoms with Gasteiger partial charge in [-0.05, 0) is 31.5 Å². The smallest absolute Gasteiger partial charge is 0.414 e. The second-order valence-corrected chi connectivity index (χ2v) is 10.2. The molecule has 186 valence electrons. The Morgan fingerprint density at radius 3 is 2.74 bits per heavy atom. The van der Waals surface area contributed by atoms with Gasteiger partial charge in [-0.15, -0.1) is 0 Å². The van der Waals surface area contributed by atoms with Crippen LogP contribution in [-0.4, -0.2) is 55.8 Å². The lowest BCUT2D eigenvalue weighted by Crippen LogP contribution is -2.34. The molecule has 0 saturated carbocycles. The number of benzene rings is 2. The Morgan fingerprint density at radius 1 is 1.20 bits per heavy atom. The fourth-order valence-electron chi connectivity index (χ4n) is 4.35. The molecule has 2 atom stereocenters. The van der Waals surface area contributed by atoms with Gasteiger partial charge < -0.3 is 15.4 Å². The maximum Gasteiger partial charge on any atom is 0.414 e. The van der Waals surface area contributed by atoms with Crippen molar-refractivity contribution in [2.24, 2.45) is 0 Å². The number of Topliss-reactive ketones (excluding diaryl/α,β-unsaturated/α-hetero) is 1. The molecule has 2 amide bonds. The van der Waals surface area contributed by atoms with E-state index in [-0.39, 0.29) is 48.7 Å². The summed E-state index contributed by atoms with van der Waals surface area (Å²) in [5.74, 6) is 0.217. The summed E-state index contributed by atoms with van der Waals surface area (Å²) in [7, 11) is 0. The van der Waals surface area contributed by atoms with E-state index in [1.54, 1.807) is 30.0 Å². The molecule has 1 unspecified atom stereocenters. The number of cyclic esters (lactones) is 1. The summed E-state index contributed by atoms with van der Waals surface area (Å²) in [6.45, 7) is 5.81. The third kappa shape index (κ3) is 6.21. The van der Waals surface area contributed by atoms with E-state index in [0.29, 0.717) is 23.4 Å². The minimum Gasteiger partial charge on any atom is -0.442 e. The van der Waals surface area contributed by atoms with Gasteiger partial charge in [0.25, 0.3) is 0 Å². The van der Waals surface area contributed by atoms with Crippen LogP contribution < -0.4 is 15.5 Å². The van der Waals surface area contributed by atoms with Crippen molar-refractivity contribution in [2.45, 2.75) is 38.0 Å². The molecule has 2 heterocycles. The molecule has 2 aromatic carbocycles. The van der Waals surface area contributed by atoms with E-state index in [1.807, 2.05) is 26.0 Å². The number of nitrogens with zero attached hydrogens (tertiary/aromatic N) is 1. The number of amides is 2. The van der Waals surface area contributed by atoms with Gasteiger partial charge in [0.15, 0.2) is 5.78 Å². The molecule has 0 spiro atoms. The van der Waals surface area contributed by atoms with Crippen LogP contribution in [0.3, 0.4) is 0 Å². The highest BCUT2D eigenvalue weighted by molar-refractivity contribution is 7.99. The summed E-state index contributed by atoms with van der Waals surface area (Å²) < 4.78 is 20.1. The summed E-state index contributed by atoms with van der Waals surface area (Å²) in [4.78, 5) is 38.5. The van der Waals surface area contributed by atoms with Crippen LogP contribution in [0.4, 0.5) is 14.9 Å². The van der Waals surface area contributed by atoms with Crippen molar-refractivity contribution in [1.29, 1.82) is 0 Å². The van der Waals surface area contributed by atoms with Crippen molar-refractivity contribution in [1.82, 2.24) is 10.6 Å². The molecule has 35 heavy (non-hydrogen) atoms. The minimum absolute atomic E-state index is 0.0492. The number of nitrogens with one attached hydrogen (secondary N) is 2. The van der Waals surface area contributed by atoms with Crippen LogP contribution in [0, 0.1) is 19.7 Å². The van der Waals surface area contributed by atoms with Crippen LogP contribution in [0.1, 0.15) is 45.1 Å². The molecule has 2 N–H and O–H groups in total. The van der Waals surface area contributed by atoms with Gasteiger partial charge in [0, 0.05) is 48.1 Å². The first-order chi connectivity index (χ1) is 16.8. The van der Waals surface area contributed by atoms with Gasteiger partial charge in [-0.1, -0.05) is 29.8 Å². The lowest BCUT2D eigenvalue weighted by atomic mass is 9.99. The summed E-state index contributed by atoms with van der Waals surface area (Å²) in [6.07, 6.45) is -0.971. The maximum atomic E-state index is 14.8. The fourth-order valence-corrected chi connectivity index (χ4v) is 5.51. The van der Waals surface area contributed by atoms with E-state index >= 15 is 0 Å². The van der Waals surface area contributed by atoms with Gasteiger partial charge in [0.1, 0.15) is 11.9 Å². The molecule has 9 heteroatoms. The molecule has 0 radical (unpaired) electrons. The first-order valence-electron chi connectivity index (χ1n) is 11.8. The van der Waals surface area contributed by atoms with Gasteiger partial charge >= 0.3 is 6.09 Å². The Hall–Kier alpha value is -2.91. The van der Waals surface area contributed by atoms with Gasteiger partial charge in [-0.3, -0.25) is 14.5 Å². The summed E-state index contributed by atoms with van der Waals surface area (Å²) in [6, 6.07) is 10.4. The predicted octanol–water partition coefficient (Wildman–Crippen LogP) is 3.92. The van der Waals surface area contributed by atoms with Crippen LogP contribution in [0.5, 0.6) is 0 Å². The molecule has 2 saturated heterocycles. The molecule has 4 rings (SSSR count). The number of ketones is 1. The van der Waals surface area contributed by atoms with Gasteiger partial charge in [0.2, 0.25) is 5.91 Å². The van der Waals surface area contributed by atoms with Crippen LogP contribution in [-0.2, 0) is 9.53 Å². The van der Waals surface area contributed by atoms with E-state index in [1.165, 1.54) is 11.0 Å². The van der Waals surface area contributed by atoms with Crippen LogP contribution >= 0.6 is 11.8 Å². The number of hydrogen-bond acceptors (Lipinski definition) is 6. The number of carbonyl (C=O) groups excluding carboxylic acids is 3. The normalized spacial score (nSPS) is 20.0. The molecule has 0 aromatic heterocycles. The third-order valence-corrected chi connectivity index (χ3v) is 7.50. The number of thioether (sulfide) groups is 1. The van der Waals surface area contributed by atoms with Crippen molar-refractivity contribution in [3.8, 4) is 0 Å². The Morgan fingerprint density at radius 2 is 2.03 bits per heavy atom. The van der Waals surface area contributed by atoms with Crippen LogP contribution in [0.25, 0.3) is 0 Å². The monoisotopic (exact) mass is 499 g/mol. The molecule has 2 aliphatic heterocycles. The van der Waals surface area contributed by atoms with Crippen molar-refractivity contribution in [3.63, 3.8) is 0 Å². The molecular formula is C26H30FN3O4S. The quantitative estimate of drug-likeness (QED) is 0.536. The molecule has 2 aliphatic rings. The fraction of sp³-hybridized carbons (Fsp3) is 0.423. The van der Waals surface area contributed by atoms with E-state index in [0.717, 1.165) is 23.4 Å². The molecule has 0 bridgehead atoms. The minimum atomic E-state index is -0.574. The largest absolute Gasteiger partial charge is 0.442 e. The topological polar surface area (TPSA) is 87.7 Å². The van der Waals surface area contributed by atoms with Crippen molar-refractivity contribution < 1.29 is 23.5 Å². The highest BCUT2D eigenvalue weighted by Crippen LogP contribution is 2.34. The standard InChI is InChI=1S/C26H30FN3O4S/c1-16-3-5-20(17(2)11-16)23(31)7-8-25(32)29-13-19-15-30(26(33)34-19)18-4-6-21(22(27)12-18)24-14-28-9-10-35-24/h3-6,11-12,19,24,28H,7-10,13-15H2,1-2H3,(H,29,32)/t19-,24?/m0/s1. The Kier molecular flexibility index (Phi) is 8.07. The highest BCUT2D eigenvalue weighted by Gasteiger charge is 2.33. The van der Waals surface area contributed by atoms with Gasteiger partial charge in [0.05, 0.1) is 18.8 Å². The van der Waals surface area contributed by atoms with Crippen molar-refractivity contribution in [3.05, 3.63) is 64.5 Å². The van der Waals surface area contributed by atoms with Crippen LogP contribution in [0.2, 0.25) is 0 Å². The number of aryl methyl sites for hydroxylation is 2. The zero-order valence-electron chi connectivity index (χ0n) is 19.9. The number of hydrogen-bond donors (Lipinski definition) is 2. The van der Waals surface area contributed by atoms with E-state index in [4.69, 9.17) is 4.74 Å². The molecule has 0 aliphatic carbocycles. The average molecular weight is 500 g/mol. The van der Waals surface area contributed by atoms with E-state index < -0.39 is 12.2 Å². The van der Waals surface area contributed by atoms with Gasteiger partial charge in [-0.25, -0.2) is 9.18 Å². The second-order valence-electron chi connectivity index (χ2n) is 8.93. The summed E-state index contributed by atoms with van der Waals surface area (Å²) in [5, 5.41) is 6.05. The molecular weight excluding hydrogens is 469 g/mol. The number of anilines is 1. The SMILES string of the molecule is Cc1ccc(C(=O)CCC(=O)NC[C@H]2CN(c3ccc(C4CNCCS4)c(F)c3)C(=O)O2)c(C)c1. The van der Waals surface area contributed by atoms with Crippen molar-refractivity contribution >= 4 is 35.2 Å². The second kappa shape index (κ2) is 11.2. The molecule has 2 fully saturated rings. The number of rotatable bonds is 8. The first-order valence-corrected chi connectivity index (χ1v) is 12.8. The number of carbonyl (C=O) groups is 3. The van der Waals surface area contributed by atoms with Crippen LogP contribution in [0.15, 0.2) is 36.4 Å². The molecule has 7 nitrogen and oxygen atoms in total. The summed E-state index contributed by atoms with van der Waals surface area (Å²) >= 11 is 1.72. The predicted molar refractivity (Wildman–Crippen MR) is 135 cm³/mol. The van der Waals surface area contributed by atoms with E-state index in [2.05, 4.69) is 10.6 Å². The lowest BCUT2D eigenvalue weighted by molar-refractivity contribution is -0.121. The number of halogens is 1. The van der Waals surface area contributed by atoms with Crippen molar-refractivity contribution in [2.75, 3.05) is 36.8 Å². The summed E-state index contributed by atoms with van der Waals surface area (Å²) in [5.41, 5.74) is 3.65. The Labute approximate surface area is 208 Å².